The van der Waals surface area contributed by atoms with Crippen molar-refractivity contribution in [2.24, 2.45) is 0 Å². The molecule has 4 N–H and O–H groups in total. The van der Waals surface area contributed by atoms with Gasteiger partial charge in [-0.15, -0.1) is 11.8 Å². The van der Waals surface area contributed by atoms with E-state index in [-0.39, 0.29) is 40.9 Å². The van der Waals surface area contributed by atoms with Crippen LogP contribution in [0.2, 0.25) is 0 Å². The molecule has 3 rings (SSSR count). The highest BCUT2D eigenvalue weighted by Crippen LogP contribution is 2.32. The van der Waals surface area contributed by atoms with Crippen molar-refractivity contribution in [1.29, 1.82) is 0 Å². The smallest absolute Gasteiger partial charge is 0.419 e. The van der Waals surface area contributed by atoms with Crippen LogP contribution >= 0.6 is 11.8 Å². The van der Waals surface area contributed by atoms with Gasteiger partial charge in [-0.05, 0) is 43.6 Å². The molecular weight excluding hydrogens is 589 g/mol. The highest BCUT2D eigenvalue weighted by atomic mass is 32.2. The number of hydrogen-bond donors (Lipinski definition) is 4. The Labute approximate surface area is 237 Å². The van der Waals surface area contributed by atoms with Gasteiger partial charge >= 0.3 is 12.1 Å². The minimum atomic E-state index is -5.29. The molecule has 0 spiro atoms. The number of rotatable bonds is 12. The Hall–Kier alpha value is -3.93. The number of halogens is 3. The van der Waals surface area contributed by atoms with Crippen molar-refractivity contribution >= 4 is 56.7 Å². The summed E-state index contributed by atoms with van der Waals surface area (Å²) in [5.74, 6) is -3.47. The molecule has 1 aromatic heterocycles. The Morgan fingerprint density at radius 1 is 1.02 bits per heavy atom. The third-order valence-corrected chi connectivity index (χ3v) is 7.41. The lowest BCUT2D eigenvalue weighted by Crippen LogP contribution is -2.30. The van der Waals surface area contributed by atoms with E-state index in [9.17, 15) is 31.2 Å². The number of ether oxygens (including phenoxy) is 2. The maximum Gasteiger partial charge on any atom is 0.491 e. The third kappa shape index (κ3) is 8.53. The molecule has 0 saturated carbocycles. The van der Waals surface area contributed by atoms with Crippen molar-refractivity contribution in [2.75, 3.05) is 44.2 Å². The van der Waals surface area contributed by atoms with Crippen LogP contribution < -0.4 is 25.4 Å². The summed E-state index contributed by atoms with van der Waals surface area (Å²) < 4.78 is 74.7. The van der Waals surface area contributed by atoms with E-state index in [2.05, 4.69) is 35.4 Å². The van der Waals surface area contributed by atoms with Gasteiger partial charge in [0.15, 0.2) is 0 Å². The highest BCUT2D eigenvalue weighted by Gasteiger charge is 2.42. The van der Waals surface area contributed by atoms with Gasteiger partial charge in [0, 0.05) is 36.4 Å². The number of esters is 1. The topological polar surface area (TPSA) is 161 Å². The molecule has 41 heavy (non-hydrogen) atoms. The van der Waals surface area contributed by atoms with Crippen LogP contribution in [0.15, 0.2) is 58.6 Å². The molecule has 220 valence electrons. The van der Waals surface area contributed by atoms with Crippen LogP contribution in [0.5, 0.6) is 5.75 Å². The van der Waals surface area contributed by atoms with Gasteiger partial charge in [0.2, 0.25) is 10.0 Å². The maximum absolute atomic E-state index is 12.9. The summed E-state index contributed by atoms with van der Waals surface area (Å²) in [7, 11) is -1.01. The van der Waals surface area contributed by atoms with E-state index < -0.39 is 33.8 Å². The van der Waals surface area contributed by atoms with Crippen molar-refractivity contribution < 1.29 is 40.7 Å². The quantitative estimate of drug-likeness (QED) is 0.102. The summed E-state index contributed by atoms with van der Waals surface area (Å²) in [6.45, 7) is 0.224. The number of carbonyl (C=O) groups is 2. The SMILES string of the molecule is CNS(=O)(=O)c1ccc(SC)c(Nc2cc(Nc3ccc(C(=O)NCCOC)c(OC(=O)C(F)(F)F)c3)ncn2)c1. The van der Waals surface area contributed by atoms with E-state index in [1.54, 1.807) is 6.07 Å². The molecule has 12 nitrogen and oxygen atoms in total. The molecule has 0 aliphatic carbocycles. The summed E-state index contributed by atoms with van der Waals surface area (Å²) in [5, 5.41) is 8.32. The van der Waals surface area contributed by atoms with Crippen molar-refractivity contribution in [1.82, 2.24) is 20.0 Å². The van der Waals surface area contributed by atoms with E-state index in [0.29, 0.717) is 5.69 Å². The lowest BCUT2D eigenvalue weighted by Gasteiger charge is -2.15. The number of alkyl halides is 3. The van der Waals surface area contributed by atoms with Crippen molar-refractivity contribution in [3.8, 4) is 5.75 Å². The largest absolute Gasteiger partial charge is 0.491 e. The van der Waals surface area contributed by atoms with E-state index in [4.69, 9.17) is 4.74 Å². The Balaban J connectivity index is 1.89. The summed E-state index contributed by atoms with van der Waals surface area (Å²) in [5.41, 5.74) is 0.277. The highest BCUT2D eigenvalue weighted by molar-refractivity contribution is 7.98. The first-order valence-electron chi connectivity index (χ1n) is 11.6. The molecule has 0 bridgehead atoms. The average molecular weight is 615 g/mol. The number of methoxy groups -OCH3 is 1. The Kier molecular flexibility index (Phi) is 10.5. The van der Waals surface area contributed by atoms with Gasteiger partial charge in [0.25, 0.3) is 5.91 Å². The monoisotopic (exact) mass is 614 g/mol. The van der Waals surface area contributed by atoms with Crippen LogP contribution in [0.4, 0.5) is 36.2 Å². The molecule has 0 aliphatic heterocycles. The zero-order chi connectivity index (χ0) is 30.2. The number of amides is 1. The van der Waals surface area contributed by atoms with Crippen molar-refractivity contribution in [3.63, 3.8) is 0 Å². The number of nitrogens with one attached hydrogen (secondary N) is 4. The molecule has 1 amide bonds. The minimum Gasteiger partial charge on any atom is -0.419 e. The zero-order valence-electron chi connectivity index (χ0n) is 21.8. The summed E-state index contributed by atoms with van der Waals surface area (Å²) >= 11 is 1.37. The lowest BCUT2D eigenvalue weighted by atomic mass is 10.1. The van der Waals surface area contributed by atoms with Gasteiger partial charge in [-0.2, -0.15) is 13.2 Å². The Morgan fingerprint density at radius 2 is 1.73 bits per heavy atom. The average Bonchev–Trinajstić information content (AvgIpc) is 2.93. The summed E-state index contributed by atoms with van der Waals surface area (Å²) in [6.07, 6.45) is -2.29. The van der Waals surface area contributed by atoms with Gasteiger partial charge in [-0.25, -0.2) is 27.9 Å². The molecule has 1 heterocycles. The fourth-order valence-corrected chi connectivity index (χ4v) is 4.53. The van der Waals surface area contributed by atoms with Crippen LogP contribution in [0, 0.1) is 0 Å². The van der Waals surface area contributed by atoms with Gasteiger partial charge < -0.3 is 25.4 Å². The second kappa shape index (κ2) is 13.6. The molecule has 0 atom stereocenters. The minimum absolute atomic E-state index is 0.0278. The van der Waals surface area contributed by atoms with E-state index in [1.165, 1.54) is 62.6 Å². The molecule has 3 aromatic rings. The summed E-state index contributed by atoms with van der Waals surface area (Å²) in [4.78, 5) is 33.0. The molecule has 0 saturated heterocycles. The van der Waals surface area contributed by atoms with Gasteiger partial charge in [0.1, 0.15) is 23.7 Å². The third-order valence-electron chi connectivity index (χ3n) is 5.20. The molecule has 2 aromatic carbocycles. The van der Waals surface area contributed by atoms with Crippen LogP contribution in [-0.2, 0) is 19.6 Å². The summed E-state index contributed by atoms with van der Waals surface area (Å²) in [6, 6.07) is 9.59. The van der Waals surface area contributed by atoms with Crippen LogP contribution in [0.3, 0.4) is 0 Å². The van der Waals surface area contributed by atoms with Crippen LogP contribution in [0.1, 0.15) is 10.4 Å². The van der Waals surface area contributed by atoms with Crippen molar-refractivity contribution in [3.05, 3.63) is 54.4 Å². The zero-order valence-corrected chi connectivity index (χ0v) is 23.5. The van der Waals surface area contributed by atoms with Gasteiger partial charge in [0.05, 0.1) is 22.8 Å². The first-order valence-corrected chi connectivity index (χ1v) is 14.3. The van der Waals surface area contributed by atoms with E-state index in [0.717, 1.165) is 11.0 Å². The van der Waals surface area contributed by atoms with Crippen molar-refractivity contribution in [2.45, 2.75) is 16.0 Å². The predicted octanol–water partition coefficient (Wildman–Crippen LogP) is 3.44. The van der Waals surface area contributed by atoms with Crippen LogP contribution in [0.25, 0.3) is 0 Å². The molecule has 17 heteroatoms. The normalized spacial score (nSPS) is 11.6. The fraction of sp³-hybridized carbons (Fsp3) is 0.250. The molecule has 0 unspecified atom stereocenters. The number of anilines is 4. The van der Waals surface area contributed by atoms with Crippen LogP contribution in [-0.4, -0.2) is 70.0 Å². The molecular formula is C24H25F3N6O6S2. The maximum atomic E-state index is 12.9. The number of nitrogens with zero attached hydrogens (tertiary/aromatic N) is 2. The molecule has 0 aliphatic rings. The predicted molar refractivity (Wildman–Crippen MR) is 145 cm³/mol. The molecule has 0 radical (unpaired) electrons. The molecule has 0 fully saturated rings. The number of hydrogen-bond acceptors (Lipinski definition) is 11. The number of sulfonamides is 1. The van der Waals surface area contributed by atoms with Gasteiger partial charge in [-0.3, -0.25) is 4.79 Å². The lowest BCUT2D eigenvalue weighted by molar-refractivity contribution is -0.189. The first kappa shape index (κ1) is 31.6. The first-order chi connectivity index (χ1) is 19.4. The fourth-order valence-electron chi connectivity index (χ4n) is 3.24. The number of aromatic nitrogens is 2. The van der Waals surface area contributed by atoms with Gasteiger partial charge in [-0.1, -0.05) is 0 Å². The second-order valence-corrected chi connectivity index (χ2v) is 10.7. The number of thioether (sulfide) groups is 1. The standard InChI is InChI=1S/C24H25F3N6O6S2/c1-28-41(36,37)15-5-7-19(40-3)17(11-15)33-21-12-20(30-13-31-21)32-14-4-6-16(22(34)29-8-9-38-2)18(10-14)39-23(35)24(25,26)27/h4-7,10-13,28H,8-9H2,1-3H3,(H,29,34)(H2,30,31,32,33). The number of benzene rings is 2. The Morgan fingerprint density at radius 3 is 2.37 bits per heavy atom. The Bertz CT molecular complexity index is 1520. The van der Waals surface area contributed by atoms with E-state index in [1.807, 2.05) is 6.26 Å². The second-order valence-electron chi connectivity index (χ2n) is 7.96. The number of carbonyl (C=O) groups excluding carboxylic acids is 2. The van der Waals surface area contributed by atoms with E-state index >= 15 is 0 Å².